The Morgan fingerprint density at radius 2 is 1.93 bits per heavy atom. The van der Waals surface area contributed by atoms with E-state index in [1.165, 1.54) is 0 Å². The lowest BCUT2D eigenvalue weighted by Crippen LogP contribution is -2.49. The van der Waals surface area contributed by atoms with E-state index < -0.39 is 0 Å². The van der Waals surface area contributed by atoms with Gasteiger partial charge in [0.25, 0.3) is 5.91 Å². The van der Waals surface area contributed by atoms with Crippen molar-refractivity contribution < 1.29 is 14.3 Å². The zero-order valence-electron chi connectivity index (χ0n) is 15.2. The van der Waals surface area contributed by atoms with E-state index >= 15 is 0 Å². The Bertz CT molecular complexity index is 943. The topological polar surface area (TPSA) is 60.5 Å². The zero-order chi connectivity index (χ0) is 18.6. The van der Waals surface area contributed by atoms with E-state index in [1.807, 2.05) is 60.7 Å². The highest BCUT2D eigenvalue weighted by molar-refractivity contribution is 6.07. The van der Waals surface area contributed by atoms with Crippen LogP contribution in [0.25, 0.3) is 22.2 Å². The van der Waals surface area contributed by atoms with Crippen molar-refractivity contribution in [3.63, 3.8) is 0 Å². The van der Waals surface area contributed by atoms with Gasteiger partial charge in [0.05, 0.1) is 29.4 Å². The molecule has 4 rings (SSSR count). The van der Waals surface area contributed by atoms with Gasteiger partial charge in [0, 0.05) is 24.7 Å². The Hall–Kier alpha value is -2.76. The van der Waals surface area contributed by atoms with Crippen molar-refractivity contribution >= 4 is 16.8 Å². The molecule has 5 nitrogen and oxygen atoms in total. The van der Waals surface area contributed by atoms with E-state index in [9.17, 15) is 4.79 Å². The molecule has 3 aromatic rings. The first kappa shape index (κ1) is 17.6. The predicted octanol–water partition coefficient (Wildman–Crippen LogP) is 3.44. The summed E-state index contributed by atoms with van der Waals surface area (Å²) < 4.78 is 10.9. The van der Waals surface area contributed by atoms with Crippen LogP contribution in [0.3, 0.4) is 0 Å². The predicted molar refractivity (Wildman–Crippen MR) is 105 cm³/mol. The molecule has 0 unspecified atom stereocenters. The average Bonchev–Trinajstić information content (AvgIpc) is 2.74. The molecule has 2 aromatic carbocycles. The molecule has 0 bridgehead atoms. The SMILES string of the molecule is CO[C@@H]1COCC[C@H]1NC(=O)c1cc(-c2ccccc2)nc2ccccc12. The molecule has 1 amide bonds. The fourth-order valence-electron chi connectivity index (χ4n) is 3.48. The average molecular weight is 362 g/mol. The molecule has 1 aliphatic heterocycles. The van der Waals surface area contributed by atoms with Crippen LogP contribution in [0.2, 0.25) is 0 Å². The van der Waals surface area contributed by atoms with Crippen molar-refractivity contribution in [2.75, 3.05) is 20.3 Å². The van der Waals surface area contributed by atoms with Gasteiger partial charge in [0.15, 0.2) is 0 Å². The second-order valence-corrected chi connectivity index (χ2v) is 6.66. The third-order valence-corrected chi connectivity index (χ3v) is 4.95. The van der Waals surface area contributed by atoms with Crippen LogP contribution in [0.4, 0.5) is 0 Å². The number of rotatable bonds is 4. The number of para-hydroxylation sites is 1. The van der Waals surface area contributed by atoms with Crippen molar-refractivity contribution in [3.05, 3.63) is 66.2 Å². The molecule has 1 saturated heterocycles. The van der Waals surface area contributed by atoms with Gasteiger partial charge in [-0.2, -0.15) is 0 Å². The minimum absolute atomic E-state index is 0.0663. The molecule has 0 radical (unpaired) electrons. The van der Waals surface area contributed by atoms with Gasteiger partial charge in [-0.15, -0.1) is 0 Å². The number of ether oxygens (including phenoxy) is 2. The van der Waals surface area contributed by atoms with E-state index in [1.54, 1.807) is 7.11 Å². The number of aromatic nitrogens is 1. The second kappa shape index (κ2) is 7.86. The van der Waals surface area contributed by atoms with Crippen molar-refractivity contribution in [2.45, 2.75) is 18.6 Å². The quantitative estimate of drug-likeness (QED) is 0.772. The summed E-state index contributed by atoms with van der Waals surface area (Å²) in [6.45, 7) is 1.12. The maximum Gasteiger partial charge on any atom is 0.252 e. The number of carbonyl (C=O) groups excluding carboxylic acids is 1. The molecule has 2 atom stereocenters. The van der Waals surface area contributed by atoms with Crippen LogP contribution in [-0.2, 0) is 9.47 Å². The van der Waals surface area contributed by atoms with Crippen LogP contribution in [-0.4, -0.2) is 43.4 Å². The molecule has 0 spiro atoms. The maximum absolute atomic E-state index is 13.1. The molecule has 5 heteroatoms. The normalized spacial score (nSPS) is 19.7. The Kier molecular flexibility index (Phi) is 5.14. The molecule has 138 valence electrons. The van der Waals surface area contributed by atoms with E-state index in [2.05, 4.69) is 5.32 Å². The Morgan fingerprint density at radius 3 is 2.74 bits per heavy atom. The summed E-state index contributed by atoms with van der Waals surface area (Å²) in [7, 11) is 1.65. The largest absolute Gasteiger partial charge is 0.379 e. The molecule has 1 aromatic heterocycles. The van der Waals surface area contributed by atoms with Gasteiger partial charge in [-0.1, -0.05) is 48.5 Å². The number of nitrogens with zero attached hydrogens (tertiary/aromatic N) is 1. The van der Waals surface area contributed by atoms with Crippen LogP contribution in [0, 0.1) is 0 Å². The maximum atomic E-state index is 13.1. The molecular weight excluding hydrogens is 340 g/mol. The number of nitrogens with one attached hydrogen (secondary N) is 1. The van der Waals surface area contributed by atoms with Crippen LogP contribution in [0.1, 0.15) is 16.8 Å². The number of amides is 1. The van der Waals surface area contributed by atoms with Gasteiger partial charge in [-0.25, -0.2) is 4.98 Å². The summed E-state index contributed by atoms with van der Waals surface area (Å²) in [5.74, 6) is -0.111. The highest BCUT2D eigenvalue weighted by Gasteiger charge is 2.28. The van der Waals surface area contributed by atoms with Gasteiger partial charge < -0.3 is 14.8 Å². The van der Waals surface area contributed by atoms with E-state index in [0.717, 1.165) is 28.6 Å². The van der Waals surface area contributed by atoms with Crippen molar-refractivity contribution in [1.82, 2.24) is 10.3 Å². The molecule has 0 saturated carbocycles. The number of carbonyl (C=O) groups is 1. The molecule has 1 aliphatic rings. The summed E-state index contributed by atoms with van der Waals surface area (Å²) >= 11 is 0. The van der Waals surface area contributed by atoms with Crippen LogP contribution in [0.5, 0.6) is 0 Å². The zero-order valence-corrected chi connectivity index (χ0v) is 15.2. The van der Waals surface area contributed by atoms with E-state index in [0.29, 0.717) is 18.8 Å². The summed E-state index contributed by atoms with van der Waals surface area (Å²) in [4.78, 5) is 17.9. The lowest BCUT2D eigenvalue weighted by molar-refractivity contribution is -0.0479. The number of methoxy groups -OCH3 is 1. The lowest BCUT2D eigenvalue weighted by Gasteiger charge is -2.31. The van der Waals surface area contributed by atoms with Crippen LogP contribution in [0.15, 0.2) is 60.7 Å². The highest BCUT2D eigenvalue weighted by Crippen LogP contribution is 2.25. The summed E-state index contributed by atoms with van der Waals surface area (Å²) in [6, 6.07) is 19.4. The Balaban J connectivity index is 1.72. The lowest BCUT2D eigenvalue weighted by atomic mass is 10.0. The third-order valence-electron chi connectivity index (χ3n) is 4.95. The Labute approximate surface area is 158 Å². The summed E-state index contributed by atoms with van der Waals surface area (Å²) in [5, 5.41) is 3.98. The van der Waals surface area contributed by atoms with E-state index in [4.69, 9.17) is 14.5 Å². The first-order valence-corrected chi connectivity index (χ1v) is 9.13. The molecule has 1 N–H and O–H groups in total. The smallest absolute Gasteiger partial charge is 0.252 e. The van der Waals surface area contributed by atoms with E-state index in [-0.39, 0.29) is 18.1 Å². The van der Waals surface area contributed by atoms with Gasteiger partial charge >= 0.3 is 0 Å². The number of fused-ring (bicyclic) bond motifs is 1. The van der Waals surface area contributed by atoms with Gasteiger partial charge in [-0.05, 0) is 18.6 Å². The number of benzene rings is 2. The number of pyridine rings is 1. The van der Waals surface area contributed by atoms with Crippen molar-refractivity contribution in [3.8, 4) is 11.3 Å². The fraction of sp³-hybridized carbons (Fsp3) is 0.273. The minimum atomic E-state index is -0.135. The number of hydrogen-bond acceptors (Lipinski definition) is 4. The van der Waals surface area contributed by atoms with Crippen molar-refractivity contribution in [2.24, 2.45) is 0 Å². The summed E-state index contributed by atoms with van der Waals surface area (Å²) in [5.41, 5.74) is 3.20. The van der Waals surface area contributed by atoms with Crippen LogP contribution < -0.4 is 5.32 Å². The Morgan fingerprint density at radius 1 is 1.15 bits per heavy atom. The van der Waals surface area contributed by atoms with Gasteiger partial charge in [0.2, 0.25) is 0 Å². The van der Waals surface area contributed by atoms with Gasteiger partial charge in [0.1, 0.15) is 6.10 Å². The molecule has 0 aliphatic carbocycles. The van der Waals surface area contributed by atoms with Crippen LogP contribution >= 0.6 is 0 Å². The van der Waals surface area contributed by atoms with Gasteiger partial charge in [-0.3, -0.25) is 4.79 Å². The molecular formula is C22H22N2O3. The summed E-state index contributed by atoms with van der Waals surface area (Å²) in [6.07, 6.45) is 0.600. The second-order valence-electron chi connectivity index (χ2n) is 6.66. The fourth-order valence-corrected chi connectivity index (χ4v) is 3.48. The van der Waals surface area contributed by atoms with Crippen molar-refractivity contribution in [1.29, 1.82) is 0 Å². The highest BCUT2D eigenvalue weighted by atomic mass is 16.5. The minimum Gasteiger partial charge on any atom is -0.379 e. The molecule has 27 heavy (non-hydrogen) atoms. The molecule has 1 fully saturated rings. The third kappa shape index (κ3) is 3.70. The first-order valence-electron chi connectivity index (χ1n) is 9.13. The first-order chi connectivity index (χ1) is 13.3. The standard InChI is InChI=1S/C22H22N2O3/c1-26-21-14-27-12-11-19(21)24-22(25)17-13-20(15-7-3-2-4-8-15)23-18-10-6-5-9-16(17)18/h2-10,13,19,21H,11-12,14H2,1H3,(H,24,25)/t19-,21-/m1/s1. The molecule has 2 heterocycles. The number of hydrogen-bond donors (Lipinski definition) is 1. The monoisotopic (exact) mass is 362 g/mol.